The van der Waals surface area contributed by atoms with Crippen molar-refractivity contribution in [1.82, 2.24) is 9.78 Å². The van der Waals surface area contributed by atoms with E-state index in [9.17, 15) is 9.59 Å². The van der Waals surface area contributed by atoms with Crippen molar-refractivity contribution >= 4 is 16.9 Å². The van der Waals surface area contributed by atoms with E-state index in [0.29, 0.717) is 18.4 Å². The lowest BCUT2D eigenvalue weighted by molar-refractivity contribution is -0.136. The van der Waals surface area contributed by atoms with E-state index in [4.69, 9.17) is 5.11 Å². The van der Waals surface area contributed by atoms with Gasteiger partial charge >= 0.3 is 5.97 Å². The quantitative estimate of drug-likeness (QED) is 0.838. The van der Waals surface area contributed by atoms with Crippen LogP contribution in [-0.2, 0) is 17.8 Å². The molecule has 2 N–H and O–H groups in total. The number of nitrogens with zero attached hydrogens (tertiary/aromatic N) is 1. The highest BCUT2D eigenvalue weighted by molar-refractivity contribution is 5.79. The van der Waals surface area contributed by atoms with Crippen molar-refractivity contribution < 1.29 is 9.90 Å². The number of H-pyrrole nitrogens is 1. The summed E-state index contributed by atoms with van der Waals surface area (Å²) >= 11 is 0. The Morgan fingerprint density at radius 3 is 2.88 bits per heavy atom. The van der Waals surface area contributed by atoms with Crippen LogP contribution in [0.1, 0.15) is 18.9 Å². The molecule has 0 spiro atoms. The third-order valence-corrected chi connectivity index (χ3v) is 2.78. The Balaban J connectivity index is 2.42. The largest absolute Gasteiger partial charge is 0.481 e. The zero-order chi connectivity index (χ0) is 12.4. The van der Waals surface area contributed by atoms with Crippen LogP contribution >= 0.6 is 0 Å². The van der Waals surface area contributed by atoms with Gasteiger partial charge in [-0.05, 0) is 31.0 Å². The Hall–Kier alpha value is -2.04. The van der Waals surface area contributed by atoms with Crippen LogP contribution in [0, 0.1) is 0 Å². The van der Waals surface area contributed by atoms with Gasteiger partial charge in [0.2, 0.25) is 0 Å². The van der Waals surface area contributed by atoms with Crippen LogP contribution in [0.15, 0.2) is 23.0 Å². The Morgan fingerprint density at radius 2 is 2.24 bits per heavy atom. The molecular weight excluding hydrogens is 220 g/mol. The van der Waals surface area contributed by atoms with E-state index in [1.807, 2.05) is 13.0 Å². The fourth-order valence-corrected chi connectivity index (χ4v) is 1.89. The summed E-state index contributed by atoms with van der Waals surface area (Å²) in [5, 5.41) is 12.0. The number of carboxylic acid groups (broad SMARTS) is 1. The van der Waals surface area contributed by atoms with Crippen molar-refractivity contribution in [1.29, 1.82) is 0 Å². The van der Waals surface area contributed by atoms with Crippen molar-refractivity contribution in [2.24, 2.45) is 0 Å². The molecule has 1 aromatic heterocycles. The van der Waals surface area contributed by atoms with Crippen LogP contribution in [0.4, 0.5) is 0 Å². The number of rotatable bonds is 4. The van der Waals surface area contributed by atoms with Crippen molar-refractivity contribution in [2.45, 2.75) is 26.3 Å². The molecule has 0 saturated carbocycles. The van der Waals surface area contributed by atoms with E-state index in [2.05, 4.69) is 5.10 Å². The molecule has 0 aliphatic heterocycles. The van der Waals surface area contributed by atoms with E-state index in [0.717, 1.165) is 11.1 Å². The SMILES string of the molecule is CCn1[nH]c(=O)c2ccc(CCC(=O)O)cc21. The van der Waals surface area contributed by atoms with E-state index in [1.165, 1.54) is 0 Å². The molecule has 17 heavy (non-hydrogen) atoms. The van der Waals surface area contributed by atoms with Crippen molar-refractivity contribution in [2.75, 3.05) is 0 Å². The molecule has 2 aromatic rings. The van der Waals surface area contributed by atoms with E-state index in [1.54, 1.807) is 16.8 Å². The third kappa shape index (κ3) is 2.22. The van der Waals surface area contributed by atoms with Gasteiger partial charge in [-0.3, -0.25) is 19.4 Å². The lowest BCUT2D eigenvalue weighted by Crippen LogP contribution is -2.03. The molecule has 0 fully saturated rings. The molecule has 90 valence electrons. The number of fused-ring (bicyclic) bond motifs is 1. The Morgan fingerprint density at radius 1 is 1.47 bits per heavy atom. The van der Waals surface area contributed by atoms with Gasteiger partial charge in [0, 0.05) is 13.0 Å². The maximum Gasteiger partial charge on any atom is 0.303 e. The van der Waals surface area contributed by atoms with Crippen LogP contribution in [0.3, 0.4) is 0 Å². The molecule has 0 atom stereocenters. The first-order valence-corrected chi connectivity index (χ1v) is 5.55. The minimum atomic E-state index is -0.813. The van der Waals surface area contributed by atoms with E-state index < -0.39 is 5.97 Å². The monoisotopic (exact) mass is 234 g/mol. The van der Waals surface area contributed by atoms with Crippen molar-refractivity contribution in [3.63, 3.8) is 0 Å². The summed E-state index contributed by atoms with van der Waals surface area (Å²) in [7, 11) is 0. The van der Waals surface area contributed by atoms with Crippen molar-refractivity contribution in [3.8, 4) is 0 Å². The number of hydrogen-bond donors (Lipinski definition) is 2. The van der Waals surface area contributed by atoms with Crippen LogP contribution in [0.2, 0.25) is 0 Å². The maximum atomic E-state index is 11.6. The molecule has 2 rings (SSSR count). The first-order chi connectivity index (χ1) is 8.11. The predicted molar refractivity (Wildman–Crippen MR) is 64.2 cm³/mol. The highest BCUT2D eigenvalue weighted by Gasteiger charge is 2.07. The van der Waals surface area contributed by atoms with Gasteiger partial charge in [-0.15, -0.1) is 0 Å². The minimum Gasteiger partial charge on any atom is -0.481 e. The first kappa shape index (κ1) is 11.4. The van der Waals surface area contributed by atoms with E-state index >= 15 is 0 Å². The molecule has 0 radical (unpaired) electrons. The highest BCUT2D eigenvalue weighted by atomic mass is 16.4. The number of carbonyl (C=O) groups is 1. The molecule has 1 heterocycles. The zero-order valence-corrected chi connectivity index (χ0v) is 9.56. The summed E-state index contributed by atoms with van der Waals surface area (Å²) in [6, 6.07) is 5.43. The standard InChI is InChI=1S/C12H14N2O3/c1-2-14-10-7-8(4-6-11(15)16)3-5-9(10)12(17)13-14/h3,5,7H,2,4,6H2,1H3,(H,13,17)(H,15,16). The predicted octanol–water partition coefficient (Wildman–Crippen LogP) is 1.37. The van der Waals surface area contributed by atoms with Gasteiger partial charge in [-0.2, -0.15) is 0 Å². The minimum absolute atomic E-state index is 0.103. The normalized spacial score (nSPS) is 10.9. The number of carboxylic acids is 1. The molecule has 0 unspecified atom stereocenters. The van der Waals surface area contributed by atoms with Gasteiger partial charge in [0.1, 0.15) is 0 Å². The maximum absolute atomic E-state index is 11.6. The summed E-state index contributed by atoms with van der Waals surface area (Å²) < 4.78 is 1.77. The molecule has 0 aliphatic rings. The smallest absolute Gasteiger partial charge is 0.303 e. The van der Waals surface area contributed by atoms with Crippen LogP contribution in [0.25, 0.3) is 10.9 Å². The molecular formula is C12H14N2O3. The molecule has 0 bridgehead atoms. The Bertz CT molecular complexity index is 610. The van der Waals surface area contributed by atoms with Crippen LogP contribution in [0.5, 0.6) is 0 Å². The summed E-state index contributed by atoms with van der Waals surface area (Å²) in [5.41, 5.74) is 1.66. The number of nitrogens with one attached hydrogen (secondary N) is 1. The van der Waals surface area contributed by atoms with Crippen LogP contribution in [-0.4, -0.2) is 20.9 Å². The van der Waals surface area contributed by atoms with Crippen LogP contribution < -0.4 is 5.56 Å². The first-order valence-electron chi connectivity index (χ1n) is 5.55. The summed E-state index contributed by atoms with van der Waals surface area (Å²) in [6.07, 6.45) is 0.584. The molecule has 0 aliphatic carbocycles. The Kier molecular flexibility index (Phi) is 2.99. The number of benzene rings is 1. The third-order valence-electron chi connectivity index (χ3n) is 2.78. The number of aromatic amines is 1. The fraction of sp³-hybridized carbons (Fsp3) is 0.333. The van der Waals surface area contributed by atoms with E-state index in [-0.39, 0.29) is 12.0 Å². The number of aromatic nitrogens is 2. The molecule has 5 heteroatoms. The lowest BCUT2D eigenvalue weighted by Gasteiger charge is -2.02. The number of aliphatic carboxylic acids is 1. The van der Waals surface area contributed by atoms with Gasteiger partial charge in [0.15, 0.2) is 0 Å². The van der Waals surface area contributed by atoms with Crippen molar-refractivity contribution in [3.05, 3.63) is 34.1 Å². The molecule has 5 nitrogen and oxygen atoms in total. The lowest BCUT2D eigenvalue weighted by atomic mass is 10.1. The molecule has 0 saturated heterocycles. The Labute approximate surface area is 97.7 Å². The van der Waals surface area contributed by atoms with Gasteiger partial charge < -0.3 is 5.11 Å². The second-order valence-corrected chi connectivity index (χ2v) is 3.93. The summed E-state index contributed by atoms with van der Waals surface area (Å²) in [5.74, 6) is -0.813. The van der Waals surface area contributed by atoms with Gasteiger partial charge in [-0.25, -0.2) is 0 Å². The number of hydrogen-bond acceptors (Lipinski definition) is 2. The average molecular weight is 234 g/mol. The summed E-state index contributed by atoms with van der Waals surface area (Å²) in [4.78, 5) is 22.1. The number of aryl methyl sites for hydroxylation is 2. The van der Waals surface area contributed by atoms with Gasteiger partial charge in [0.05, 0.1) is 10.9 Å². The highest BCUT2D eigenvalue weighted by Crippen LogP contribution is 2.14. The zero-order valence-electron chi connectivity index (χ0n) is 9.56. The summed E-state index contributed by atoms with van der Waals surface area (Å²) in [6.45, 7) is 2.63. The van der Waals surface area contributed by atoms with Gasteiger partial charge in [-0.1, -0.05) is 6.07 Å². The second-order valence-electron chi connectivity index (χ2n) is 3.93. The average Bonchev–Trinajstić information content (AvgIpc) is 2.63. The second kappa shape index (κ2) is 4.45. The topological polar surface area (TPSA) is 75.1 Å². The molecule has 1 aromatic carbocycles. The molecule has 0 amide bonds. The van der Waals surface area contributed by atoms with Gasteiger partial charge in [0.25, 0.3) is 5.56 Å². The fourth-order valence-electron chi connectivity index (χ4n) is 1.89.